The molecule has 0 bridgehead atoms. The Hall–Kier alpha value is -1.93. The number of carbonyl (C=O) groups is 2. The number of ether oxygens (including phenoxy) is 2. The van der Waals surface area contributed by atoms with E-state index >= 15 is 0 Å². The van der Waals surface area contributed by atoms with E-state index in [1.54, 1.807) is 0 Å². The van der Waals surface area contributed by atoms with E-state index in [-0.39, 0.29) is 30.6 Å². The molecule has 0 unspecified atom stereocenters. The van der Waals surface area contributed by atoms with Crippen LogP contribution in [0.3, 0.4) is 0 Å². The van der Waals surface area contributed by atoms with E-state index < -0.39 is 32.5 Å². The lowest BCUT2D eigenvalue weighted by molar-refractivity contribution is 0.0452. The zero-order chi connectivity index (χ0) is 18.5. The van der Waals surface area contributed by atoms with Gasteiger partial charge in [0.1, 0.15) is 4.90 Å². The van der Waals surface area contributed by atoms with E-state index in [0.29, 0.717) is 0 Å². The third-order valence-corrected chi connectivity index (χ3v) is 3.72. The highest BCUT2D eigenvalue weighted by molar-refractivity contribution is 7.86. The summed E-state index contributed by atoms with van der Waals surface area (Å²) in [5.74, 6) is -1.46. The first-order valence-electron chi connectivity index (χ1n) is 7.48. The first kappa shape index (κ1) is 20.1. The van der Waals surface area contributed by atoms with Gasteiger partial charge < -0.3 is 9.47 Å². The maximum absolute atomic E-state index is 12.1. The molecule has 0 aliphatic heterocycles. The van der Waals surface area contributed by atoms with Crippen LogP contribution in [0.2, 0.25) is 0 Å². The number of esters is 2. The third kappa shape index (κ3) is 5.93. The molecule has 0 saturated heterocycles. The van der Waals surface area contributed by atoms with Gasteiger partial charge in [-0.15, -0.1) is 0 Å². The van der Waals surface area contributed by atoms with Crippen LogP contribution in [-0.4, -0.2) is 38.1 Å². The Labute approximate surface area is 141 Å². The highest BCUT2D eigenvalue weighted by atomic mass is 32.2. The van der Waals surface area contributed by atoms with Gasteiger partial charge in [-0.3, -0.25) is 4.55 Å². The van der Waals surface area contributed by atoms with Crippen LogP contribution in [0.25, 0.3) is 0 Å². The van der Waals surface area contributed by atoms with Gasteiger partial charge in [0, 0.05) is 0 Å². The first-order chi connectivity index (χ1) is 11.0. The molecule has 1 N–H and O–H groups in total. The van der Waals surface area contributed by atoms with Crippen molar-refractivity contribution >= 4 is 22.1 Å². The molecule has 0 aliphatic carbocycles. The molecule has 1 aromatic carbocycles. The number of carbonyl (C=O) groups excluding carboxylic acids is 2. The zero-order valence-corrected chi connectivity index (χ0v) is 14.9. The van der Waals surface area contributed by atoms with Gasteiger partial charge >= 0.3 is 11.9 Å². The topological polar surface area (TPSA) is 107 Å². The maximum Gasteiger partial charge on any atom is 0.339 e. The summed E-state index contributed by atoms with van der Waals surface area (Å²) in [7, 11) is -4.64. The Kier molecular flexibility index (Phi) is 6.92. The predicted molar refractivity (Wildman–Crippen MR) is 86.5 cm³/mol. The third-order valence-electron chi connectivity index (χ3n) is 2.81. The number of hydrogen-bond acceptors (Lipinski definition) is 6. The molecule has 7 nitrogen and oxygen atoms in total. The minimum absolute atomic E-state index is 0.000420. The maximum atomic E-state index is 12.1. The zero-order valence-electron chi connectivity index (χ0n) is 14.1. The fourth-order valence-electron chi connectivity index (χ4n) is 1.69. The van der Waals surface area contributed by atoms with E-state index in [4.69, 9.17) is 9.47 Å². The highest BCUT2D eigenvalue weighted by Gasteiger charge is 2.24. The van der Waals surface area contributed by atoms with Crippen LogP contribution in [0.4, 0.5) is 0 Å². The second-order valence-corrected chi connectivity index (χ2v) is 7.56. The van der Waals surface area contributed by atoms with Crippen LogP contribution in [0, 0.1) is 11.8 Å². The lowest BCUT2D eigenvalue weighted by Crippen LogP contribution is -2.16. The largest absolute Gasteiger partial charge is 0.462 e. The van der Waals surface area contributed by atoms with Crippen molar-refractivity contribution in [1.82, 2.24) is 0 Å². The molecule has 0 heterocycles. The van der Waals surface area contributed by atoms with Crippen molar-refractivity contribution in [2.75, 3.05) is 13.2 Å². The molecule has 0 spiro atoms. The van der Waals surface area contributed by atoms with E-state index in [2.05, 4.69) is 0 Å². The van der Waals surface area contributed by atoms with Gasteiger partial charge in [-0.1, -0.05) is 27.7 Å². The lowest BCUT2D eigenvalue weighted by Gasteiger charge is -2.12. The SMILES string of the molecule is CC(C)COC(=O)c1ccc(S(=O)(=O)O)c(C(=O)OCC(C)C)c1. The van der Waals surface area contributed by atoms with Gasteiger partial charge in [0.25, 0.3) is 10.1 Å². The summed E-state index contributed by atoms with van der Waals surface area (Å²) in [6.45, 7) is 7.62. The molecule has 0 amide bonds. The molecular formula is C16H22O7S. The summed E-state index contributed by atoms with van der Waals surface area (Å²) in [5.41, 5.74) is -0.406. The molecule has 8 heteroatoms. The standard InChI is InChI=1S/C16H22O7S/c1-10(2)8-22-15(17)12-5-6-14(24(19,20)21)13(7-12)16(18)23-9-11(3)4/h5-7,10-11H,8-9H2,1-4H3,(H,19,20,21). The summed E-state index contributed by atoms with van der Waals surface area (Å²) in [4.78, 5) is 23.5. The average molecular weight is 358 g/mol. The monoisotopic (exact) mass is 358 g/mol. The molecule has 0 atom stereocenters. The molecule has 1 aromatic rings. The summed E-state index contributed by atoms with van der Waals surface area (Å²) in [6.07, 6.45) is 0. The van der Waals surface area contributed by atoms with Crippen LogP contribution in [-0.2, 0) is 19.6 Å². The van der Waals surface area contributed by atoms with E-state index in [9.17, 15) is 22.6 Å². The summed E-state index contributed by atoms with van der Waals surface area (Å²) >= 11 is 0. The number of rotatable bonds is 7. The van der Waals surface area contributed by atoms with Crippen molar-refractivity contribution in [1.29, 1.82) is 0 Å². The van der Waals surface area contributed by atoms with Crippen LogP contribution < -0.4 is 0 Å². The predicted octanol–water partition coefficient (Wildman–Crippen LogP) is 2.56. The Balaban J connectivity index is 3.18. The number of hydrogen-bond donors (Lipinski definition) is 1. The molecule has 0 saturated carbocycles. The van der Waals surface area contributed by atoms with Crippen LogP contribution in [0.1, 0.15) is 48.4 Å². The Morgan fingerprint density at radius 1 is 1.00 bits per heavy atom. The molecule has 24 heavy (non-hydrogen) atoms. The summed E-state index contributed by atoms with van der Waals surface area (Å²) in [5, 5.41) is 0. The molecule has 0 aromatic heterocycles. The van der Waals surface area contributed by atoms with E-state index in [1.165, 1.54) is 6.07 Å². The fourth-order valence-corrected chi connectivity index (χ4v) is 2.35. The van der Waals surface area contributed by atoms with Crippen LogP contribution >= 0.6 is 0 Å². The lowest BCUT2D eigenvalue weighted by atomic mass is 10.1. The fraction of sp³-hybridized carbons (Fsp3) is 0.500. The van der Waals surface area contributed by atoms with Crippen molar-refractivity contribution in [2.24, 2.45) is 11.8 Å². The molecule has 0 radical (unpaired) electrons. The minimum Gasteiger partial charge on any atom is -0.462 e. The Morgan fingerprint density at radius 3 is 1.96 bits per heavy atom. The molecule has 0 fully saturated rings. The normalized spacial score (nSPS) is 11.6. The van der Waals surface area contributed by atoms with Crippen molar-refractivity contribution in [2.45, 2.75) is 32.6 Å². The highest BCUT2D eigenvalue weighted by Crippen LogP contribution is 2.20. The van der Waals surface area contributed by atoms with Gasteiger partial charge in [0.2, 0.25) is 0 Å². The van der Waals surface area contributed by atoms with Gasteiger partial charge in [-0.05, 0) is 30.0 Å². The summed E-state index contributed by atoms with van der Waals surface area (Å²) < 4.78 is 42.1. The van der Waals surface area contributed by atoms with Gasteiger partial charge in [-0.25, -0.2) is 9.59 Å². The minimum atomic E-state index is -4.64. The quantitative estimate of drug-likeness (QED) is 0.589. The van der Waals surface area contributed by atoms with Gasteiger partial charge in [-0.2, -0.15) is 8.42 Å². The van der Waals surface area contributed by atoms with Gasteiger partial charge in [0.05, 0.1) is 24.3 Å². The number of benzene rings is 1. The molecular weight excluding hydrogens is 336 g/mol. The average Bonchev–Trinajstić information content (AvgIpc) is 2.48. The Morgan fingerprint density at radius 2 is 1.50 bits per heavy atom. The molecule has 1 rings (SSSR count). The summed E-state index contributed by atoms with van der Waals surface area (Å²) in [6, 6.07) is 3.20. The first-order valence-corrected chi connectivity index (χ1v) is 8.92. The van der Waals surface area contributed by atoms with Crippen LogP contribution in [0.5, 0.6) is 0 Å². The second kappa shape index (κ2) is 8.25. The van der Waals surface area contributed by atoms with Crippen molar-refractivity contribution in [3.63, 3.8) is 0 Å². The molecule has 134 valence electrons. The van der Waals surface area contributed by atoms with Crippen molar-refractivity contribution < 1.29 is 32.0 Å². The van der Waals surface area contributed by atoms with Gasteiger partial charge in [0.15, 0.2) is 0 Å². The van der Waals surface area contributed by atoms with Crippen LogP contribution in [0.15, 0.2) is 23.1 Å². The smallest absolute Gasteiger partial charge is 0.339 e. The van der Waals surface area contributed by atoms with Crippen molar-refractivity contribution in [3.05, 3.63) is 29.3 Å². The second-order valence-electron chi connectivity index (χ2n) is 6.17. The molecule has 0 aliphatic rings. The Bertz CT molecular complexity index is 705. The van der Waals surface area contributed by atoms with E-state index in [0.717, 1.165) is 12.1 Å². The van der Waals surface area contributed by atoms with Crippen molar-refractivity contribution in [3.8, 4) is 0 Å². The van der Waals surface area contributed by atoms with E-state index in [1.807, 2.05) is 27.7 Å².